The average Bonchev–Trinajstić information content (AvgIpc) is 2.16. The number of alkyl halides is 3. The lowest BCUT2D eigenvalue weighted by Gasteiger charge is -2.09. The van der Waals surface area contributed by atoms with Crippen molar-refractivity contribution < 1.29 is 30.5 Å². The summed E-state index contributed by atoms with van der Waals surface area (Å²) in [5, 5.41) is 8.61. The Morgan fingerprint density at radius 2 is 2.00 bits per heavy atom. The zero-order valence-electron chi connectivity index (χ0n) is 8.72. The predicted octanol–water partition coefficient (Wildman–Crippen LogP) is 1.19. The van der Waals surface area contributed by atoms with Gasteiger partial charge >= 0.3 is 16.5 Å². The Morgan fingerprint density at radius 3 is 2.44 bits per heavy atom. The number of hydrogen-bond donors (Lipinski definition) is 0. The van der Waals surface area contributed by atoms with Gasteiger partial charge in [-0.2, -0.15) is 18.7 Å². The van der Waals surface area contributed by atoms with Gasteiger partial charge in [-0.05, 0) is 6.07 Å². The molecule has 0 bridgehead atoms. The van der Waals surface area contributed by atoms with Gasteiger partial charge in [0.05, 0.1) is 6.26 Å². The number of halogens is 3. The van der Waals surface area contributed by atoms with Crippen LogP contribution in [0, 0.1) is 11.3 Å². The maximum atomic E-state index is 11.9. The van der Waals surface area contributed by atoms with Crippen LogP contribution in [0.15, 0.2) is 12.1 Å². The number of ether oxygens (including phenoxy) is 1. The smallest absolute Gasteiger partial charge is 0.388 e. The lowest BCUT2D eigenvalue weighted by atomic mass is 10.3. The van der Waals surface area contributed by atoms with Gasteiger partial charge < -0.3 is 8.92 Å². The molecule has 0 aliphatic rings. The fourth-order valence-corrected chi connectivity index (χ4v) is 1.37. The summed E-state index contributed by atoms with van der Waals surface area (Å²) >= 11 is 0. The number of aromatic nitrogens is 1. The summed E-state index contributed by atoms with van der Waals surface area (Å²) in [7, 11) is -3.91. The Morgan fingerprint density at radius 1 is 1.39 bits per heavy atom. The molecule has 18 heavy (non-hydrogen) atoms. The largest absolute Gasteiger partial charge is 0.574 e. The van der Waals surface area contributed by atoms with E-state index < -0.39 is 33.8 Å². The molecule has 1 heterocycles. The molecule has 0 spiro atoms. The summed E-state index contributed by atoms with van der Waals surface area (Å²) in [5.41, 5.74) is -0.637. The van der Waals surface area contributed by atoms with Gasteiger partial charge in [0.2, 0.25) is 5.88 Å². The van der Waals surface area contributed by atoms with Crippen LogP contribution in [-0.4, -0.2) is 26.0 Å². The number of nitrogens with zero attached hydrogens (tertiary/aromatic N) is 2. The van der Waals surface area contributed by atoms with E-state index in [1.807, 2.05) is 0 Å². The van der Waals surface area contributed by atoms with Gasteiger partial charge in [-0.3, -0.25) is 0 Å². The van der Waals surface area contributed by atoms with Crippen LogP contribution in [0.3, 0.4) is 0 Å². The van der Waals surface area contributed by atoms with Gasteiger partial charge in [0, 0.05) is 6.07 Å². The molecule has 1 rings (SSSR count). The van der Waals surface area contributed by atoms with Crippen molar-refractivity contribution in [3.63, 3.8) is 0 Å². The van der Waals surface area contributed by atoms with E-state index in [4.69, 9.17) is 5.26 Å². The monoisotopic (exact) mass is 282 g/mol. The van der Waals surface area contributed by atoms with Crippen LogP contribution in [0.25, 0.3) is 0 Å². The third-order valence-corrected chi connectivity index (χ3v) is 1.88. The molecular weight excluding hydrogens is 277 g/mol. The van der Waals surface area contributed by atoms with Crippen molar-refractivity contribution in [1.29, 1.82) is 5.26 Å². The van der Waals surface area contributed by atoms with E-state index in [9.17, 15) is 21.6 Å². The zero-order valence-corrected chi connectivity index (χ0v) is 9.54. The molecule has 0 aromatic carbocycles. The minimum Gasteiger partial charge on any atom is -0.388 e. The first-order valence-electron chi connectivity index (χ1n) is 4.17. The molecule has 0 aliphatic carbocycles. The molecule has 1 aromatic heterocycles. The average molecular weight is 282 g/mol. The highest BCUT2D eigenvalue weighted by Crippen LogP contribution is 2.25. The van der Waals surface area contributed by atoms with Gasteiger partial charge in [0.15, 0.2) is 11.4 Å². The van der Waals surface area contributed by atoms with E-state index in [-0.39, 0.29) is 0 Å². The van der Waals surface area contributed by atoms with Gasteiger partial charge in [0.1, 0.15) is 6.07 Å². The highest BCUT2D eigenvalue weighted by molar-refractivity contribution is 7.86. The number of nitriles is 1. The second-order valence-electron chi connectivity index (χ2n) is 2.94. The van der Waals surface area contributed by atoms with Crippen LogP contribution in [-0.2, 0) is 10.1 Å². The fraction of sp³-hybridized carbons (Fsp3) is 0.250. The summed E-state index contributed by atoms with van der Waals surface area (Å²) in [6.07, 6.45) is -4.24. The summed E-state index contributed by atoms with van der Waals surface area (Å²) in [5.74, 6) is -1.37. The molecule has 0 radical (unpaired) electrons. The molecule has 6 nitrogen and oxygen atoms in total. The third kappa shape index (κ3) is 4.46. The highest BCUT2D eigenvalue weighted by Gasteiger charge is 2.32. The van der Waals surface area contributed by atoms with Crippen LogP contribution >= 0.6 is 0 Å². The number of hydrogen-bond acceptors (Lipinski definition) is 6. The minimum absolute atomic E-state index is 0.477. The summed E-state index contributed by atoms with van der Waals surface area (Å²) in [4.78, 5) is 3.17. The first-order valence-corrected chi connectivity index (χ1v) is 5.99. The summed E-state index contributed by atoms with van der Waals surface area (Å²) < 4.78 is 65.1. The van der Waals surface area contributed by atoms with Crippen LogP contribution in [0.5, 0.6) is 11.6 Å². The molecule has 1 aromatic rings. The van der Waals surface area contributed by atoms with Crippen molar-refractivity contribution in [2.24, 2.45) is 0 Å². The minimum atomic E-state index is -4.96. The van der Waals surface area contributed by atoms with E-state index in [0.717, 1.165) is 12.1 Å². The van der Waals surface area contributed by atoms with Gasteiger partial charge in [-0.1, -0.05) is 0 Å². The van der Waals surface area contributed by atoms with E-state index in [1.165, 1.54) is 6.07 Å². The van der Waals surface area contributed by atoms with Gasteiger partial charge in [0.25, 0.3) is 0 Å². The van der Waals surface area contributed by atoms with E-state index in [2.05, 4.69) is 13.9 Å². The zero-order chi connectivity index (χ0) is 14.0. The molecule has 0 unspecified atom stereocenters. The third-order valence-electron chi connectivity index (χ3n) is 1.40. The molecule has 0 amide bonds. The topological polar surface area (TPSA) is 89.3 Å². The Bertz CT molecular complexity index is 591. The normalized spacial score (nSPS) is 11.7. The second kappa shape index (κ2) is 4.69. The van der Waals surface area contributed by atoms with E-state index in [1.54, 1.807) is 0 Å². The Hall–Kier alpha value is -2.02. The summed E-state index contributed by atoms with van der Waals surface area (Å²) in [6, 6.07) is 2.97. The molecule has 10 heteroatoms. The van der Waals surface area contributed by atoms with Crippen molar-refractivity contribution in [1.82, 2.24) is 4.98 Å². The van der Waals surface area contributed by atoms with E-state index in [0.29, 0.717) is 6.26 Å². The fourth-order valence-electron chi connectivity index (χ4n) is 0.914. The first kappa shape index (κ1) is 14.0. The summed E-state index contributed by atoms with van der Waals surface area (Å²) in [6.45, 7) is 0. The highest BCUT2D eigenvalue weighted by atomic mass is 32.2. The van der Waals surface area contributed by atoms with Gasteiger partial charge in [-0.15, -0.1) is 13.2 Å². The standard InChI is InChI=1S/C8H5F3N2O4S/c1-18(14,15)17-6-2-3-7(13-5(6)4-12)16-8(9,10)11/h2-3H,1H3. The lowest BCUT2D eigenvalue weighted by Crippen LogP contribution is -2.18. The van der Waals surface area contributed by atoms with Gasteiger partial charge in [-0.25, -0.2) is 0 Å². The lowest BCUT2D eigenvalue weighted by molar-refractivity contribution is -0.276. The Labute approximate surface area is 99.7 Å². The van der Waals surface area contributed by atoms with Crippen molar-refractivity contribution in [2.45, 2.75) is 6.36 Å². The molecule has 0 aliphatic heterocycles. The van der Waals surface area contributed by atoms with Crippen LogP contribution in [0.4, 0.5) is 13.2 Å². The first-order chi connectivity index (χ1) is 8.11. The quantitative estimate of drug-likeness (QED) is 0.773. The second-order valence-corrected chi connectivity index (χ2v) is 4.52. The van der Waals surface area contributed by atoms with Crippen LogP contribution in [0.2, 0.25) is 0 Å². The molecule has 0 fully saturated rings. The number of rotatable bonds is 3. The molecule has 0 atom stereocenters. The van der Waals surface area contributed by atoms with E-state index >= 15 is 0 Å². The maximum Gasteiger partial charge on any atom is 0.574 e. The molecular formula is C8H5F3N2O4S. The maximum absolute atomic E-state index is 11.9. The molecule has 98 valence electrons. The van der Waals surface area contributed by atoms with Crippen LogP contribution in [0.1, 0.15) is 5.69 Å². The molecule has 0 saturated heterocycles. The molecule has 0 saturated carbocycles. The van der Waals surface area contributed by atoms with Crippen molar-refractivity contribution in [3.05, 3.63) is 17.8 Å². The molecule has 0 N–H and O–H groups in total. The van der Waals surface area contributed by atoms with Crippen molar-refractivity contribution in [2.75, 3.05) is 6.26 Å². The Balaban J connectivity index is 3.09. The van der Waals surface area contributed by atoms with Crippen molar-refractivity contribution >= 4 is 10.1 Å². The number of pyridine rings is 1. The van der Waals surface area contributed by atoms with Crippen molar-refractivity contribution in [3.8, 4) is 17.7 Å². The van der Waals surface area contributed by atoms with Crippen LogP contribution < -0.4 is 8.92 Å². The Kier molecular flexibility index (Phi) is 3.66. The predicted molar refractivity (Wildman–Crippen MR) is 51.1 cm³/mol. The SMILES string of the molecule is CS(=O)(=O)Oc1ccc(OC(F)(F)F)nc1C#N.